The second kappa shape index (κ2) is 6.22. The predicted octanol–water partition coefficient (Wildman–Crippen LogP) is 1.99. The lowest BCUT2D eigenvalue weighted by Crippen LogP contribution is -2.09. The average molecular weight is 210 g/mol. The molecule has 0 aromatic carbocycles. The highest BCUT2D eigenvalue weighted by molar-refractivity contribution is 5.06. The summed E-state index contributed by atoms with van der Waals surface area (Å²) < 4.78 is 0. The van der Waals surface area contributed by atoms with Crippen molar-refractivity contribution in [2.45, 2.75) is 45.4 Å². The van der Waals surface area contributed by atoms with E-state index >= 15 is 0 Å². The summed E-state index contributed by atoms with van der Waals surface area (Å²) in [6, 6.07) is 1.08. The van der Waals surface area contributed by atoms with Gasteiger partial charge in [0.25, 0.3) is 5.56 Å². The van der Waals surface area contributed by atoms with E-state index < -0.39 is 0 Å². The quantitative estimate of drug-likeness (QED) is 0.706. The molecule has 1 aromatic heterocycles. The highest BCUT2D eigenvalue weighted by Crippen LogP contribution is 2.06. The highest BCUT2D eigenvalue weighted by atomic mass is 16.3. The van der Waals surface area contributed by atoms with Crippen LogP contribution in [0.15, 0.2) is 10.9 Å². The van der Waals surface area contributed by atoms with Gasteiger partial charge in [-0.2, -0.15) is 0 Å². The number of hydrogen-bond acceptors (Lipinski definition) is 3. The Morgan fingerprint density at radius 2 is 2.07 bits per heavy atom. The molecule has 0 aliphatic carbocycles. The van der Waals surface area contributed by atoms with Crippen molar-refractivity contribution in [2.24, 2.45) is 0 Å². The number of aryl methyl sites for hydroxylation is 1. The van der Waals surface area contributed by atoms with E-state index in [-0.39, 0.29) is 11.4 Å². The first-order chi connectivity index (χ1) is 7.22. The number of nitrogens with zero attached hydrogens (tertiary/aromatic N) is 1. The molecule has 1 aromatic rings. The van der Waals surface area contributed by atoms with Gasteiger partial charge >= 0.3 is 0 Å². The maximum absolute atomic E-state index is 11.0. The molecule has 0 spiro atoms. The second-order valence-corrected chi connectivity index (χ2v) is 3.71. The highest BCUT2D eigenvalue weighted by Gasteiger charge is 1.99. The van der Waals surface area contributed by atoms with Crippen molar-refractivity contribution in [3.63, 3.8) is 0 Å². The molecular formula is C11H18N2O2. The van der Waals surface area contributed by atoms with Crippen LogP contribution in [-0.4, -0.2) is 15.1 Å². The summed E-state index contributed by atoms with van der Waals surface area (Å²) in [4.78, 5) is 17.5. The molecule has 0 aliphatic heterocycles. The molecule has 0 aliphatic rings. The second-order valence-electron chi connectivity index (χ2n) is 3.71. The maximum atomic E-state index is 11.0. The number of aromatic amines is 1. The number of aromatic nitrogens is 2. The van der Waals surface area contributed by atoms with E-state index in [0.717, 1.165) is 25.3 Å². The molecule has 15 heavy (non-hydrogen) atoms. The number of unbranched alkanes of at least 4 members (excludes halogenated alkanes) is 4. The Morgan fingerprint density at radius 3 is 2.73 bits per heavy atom. The smallest absolute Gasteiger partial charge is 0.254 e. The number of aromatic hydroxyl groups is 1. The lowest BCUT2D eigenvalue weighted by Gasteiger charge is -2.00. The Hall–Kier alpha value is -1.32. The van der Waals surface area contributed by atoms with E-state index in [1.54, 1.807) is 0 Å². The molecule has 0 radical (unpaired) electrons. The first-order valence-electron chi connectivity index (χ1n) is 5.51. The summed E-state index contributed by atoms with van der Waals surface area (Å²) in [5, 5.41) is 9.10. The predicted molar refractivity (Wildman–Crippen MR) is 59.0 cm³/mol. The molecule has 0 unspecified atom stereocenters. The zero-order valence-corrected chi connectivity index (χ0v) is 9.12. The summed E-state index contributed by atoms with van der Waals surface area (Å²) in [7, 11) is 0. The molecule has 1 heterocycles. The van der Waals surface area contributed by atoms with E-state index in [2.05, 4.69) is 16.9 Å². The minimum Gasteiger partial charge on any atom is -0.493 e. The zero-order valence-electron chi connectivity index (χ0n) is 9.12. The Balaban J connectivity index is 2.34. The van der Waals surface area contributed by atoms with Crippen molar-refractivity contribution in [1.82, 2.24) is 9.97 Å². The van der Waals surface area contributed by atoms with Crippen LogP contribution in [0.3, 0.4) is 0 Å². The molecule has 2 N–H and O–H groups in total. The van der Waals surface area contributed by atoms with Crippen LogP contribution < -0.4 is 5.56 Å². The van der Waals surface area contributed by atoms with Gasteiger partial charge in [0.15, 0.2) is 0 Å². The first-order valence-corrected chi connectivity index (χ1v) is 5.51. The van der Waals surface area contributed by atoms with Crippen molar-refractivity contribution >= 4 is 0 Å². The van der Waals surface area contributed by atoms with Crippen LogP contribution in [0.5, 0.6) is 5.88 Å². The topological polar surface area (TPSA) is 66.0 Å². The maximum Gasteiger partial charge on any atom is 0.254 e. The van der Waals surface area contributed by atoms with Crippen LogP contribution >= 0.6 is 0 Å². The van der Waals surface area contributed by atoms with Crippen LogP contribution in [0.2, 0.25) is 0 Å². The van der Waals surface area contributed by atoms with E-state index in [4.69, 9.17) is 5.11 Å². The van der Waals surface area contributed by atoms with Crippen LogP contribution in [0, 0.1) is 0 Å². The van der Waals surface area contributed by atoms with Crippen LogP contribution in [0.4, 0.5) is 0 Å². The van der Waals surface area contributed by atoms with Crippen molar-refractivity contribution in [3.05, 3.63) is 22.2 Å². The third kappa shape index (κ3) is 4.63. The number of nitrogens with one attached hydrogen (secondary N) is 1. The monoisotopic (exact) mass is 210 g/mol. The summed E-state index contributed by atoms with van der Waals surface area (Å²) in [6.45, 7) is 2.17. The van der Waals surface area contributed by atoms with Gasteiger partial charge in [0.1, 0.15) is 5.82 Å². The zero-order chi connectivity index (χ0) is 11.1. The van der Waals surface area contributed by atoms with Crippen LogP contribution in [0.25, 0.3) is 0 Å². The van der Waals surface area contributed by atoms with Gasteiger partial charge in [0.2, 0.25) is 5.88 Å². The van der Waals surface area contributed by atoms with Crippen LogP contribution in [-0.2, 0) is 6.42 Å². The molecule has 0 saturated heterocycles. The SMILES string of the molecule is CCCCCCCc1nc(O)cc(=O)[nH]1. The fourth-order valence-electron chi connectivity index (χ4n) is 1.51. The third-order valence-corrected chi connectivity index (χ3v) is 2.29. The Labute approximate surface area is 89.4 Å². The number of rotatable bonds is 6. The van der Waals surface area contributed by atoms with Gasteiger partial charge in [-0.1, -0.05) is 32.6 Å². The van der Waals surface area contributed by atoms with E-state index in [9.17, 15) is 4.79 Å². The molecular weight excluding hydrogens is 192 g/mol. The standard InChI is InChI=1S/C11H18N2O2/c1-2-3-4-5-6-7-9-12-10(14)8-11(15)13-9/h8H,2-7H2,1H3,(H2,12,13,14,15). The average Bonchev–Trinajstić information content (AvgIpc) is 2.16. The van der Waals surface area contributed by atoms with Gasteiger partial charge in [0.05, 0.1) is 6.07 Å². The van der Waals surface area contributed by atoms with Crippen molar-refractivity contribution < 1.29 is 5.11 Å². The largest absolute Gasteiger partial charge is 0.493 e. The van der Waals surface area contributed by atoms with Crippen LogP contribution in [0.1, 0.15) is 44.9 Å². The van der Waals surface area contributed by atoms with Gasteiger partial charge in [-0.15, -0.1) is 0 Å². The summed E-state index contributed by atoms with van der Waals surface area (Å²) in [5.74, 6) is 0.388. The molecule has 0 atom stereocenters. The van der Waals surface area contributed by atoms with E-state index in [0.29, 0.717) is 5.82 Å². The first kappa shape index (κ1) is 11.8. The minimum absolute atomic E-state index is 0.192. The Kier molecular flexibility index (Phi) is 4.87. The molecule has 4 heteroatoms. The van der Waals surface area contributed by atoms with Gasteiger partial charge in [-0.05, 0) is 6.42 Å². The molecule has 0 amide bonds. The number of H-pyrrole nitrogens is 1. The van der Waals surface area contributed by atoms with Crippen molar-refractivity contribution in [1.29, 1.82) is 0 Å². The third-order valence-electron chi connectivity index (χ3n) is 2.29. The van der Waals surface area contributed by atoms with Gasteiger partial charge in [-0.25, -0.2) is 4.98 Å². The molecule has 0 saturated carbocycles. The lowest BCUT2D eigenvalue weighted by atomic mass is 10.1. The lowest BCUT2D eigenvalue weighted by molar-refractivity contribution is 0.446. The fourth-order valence-corrected chi connectivity index (χ4v) is 1.51. The van der Waals surface area contributed by atoms with Gasteiger partial charge in [0, 0.05) is 6.42 Å². The Morgan fingerprint density at radius 1 is 1.33 bits per heavy atom. The normalized spacial score (nSPS) is 10.5. The Bertz CT molecular complexity index is 347. The van der Waals surface area contributed by atoms with Crippen molar-refractivity contribution in [2.75, 3.05) is 0 Å². The molecule has 4 nitrogen and oxygen atoms in total. The van der Waals surface area contributed by atoms with Crippen molar-refractivity contribution in [3.8, 4) is 5.88 Å². The minimum atomic E-state index is -0.286. The molecule has 0 fully saturated rings. The molecule has 84 valence electrons. The van der Waals surface area contributed by atoms with E-state index in [1.165, 1.54) is 19.3 Å². The summed E-state index contributed by atoms with van der Waals surface area (Å²) in [6.07, 6.45) is 6.58. The fraction of sp³-hybridized carbons (Fsp3) is 0.636. The molecule has 0 bridgehead atoms. The summed E-state index contributed by atoms with van der Waals surface area (Å²) in [5.41, 5.74) is -0.286. The van der Waals surface area contributed by atoms with Gasteiger partial charge in [-0.3, -0.25) is 4.79 Å². The van der Waals surface area contributed by atoms with Gasteiger partial charge < -0.3 is 10.1 Å². The molecule has 1 rings (SSSR count). The summed E-state index contributed by atoms with van der Waals surface area (Å²) >= 11 is 0. The number of hydrogen-bond donors (Lipinski definition) is 2. The van der Waals surface area contributed by atoms with E-state index in [1.807, 2.05) is 0 Å².